The fraction of sp³-hybridized carbons (Fsp3) is 0.368. The van der Waals surface area contributed by atoms with Gasteiger partial charge in [-0.05, 0) is 49.4 Å². The Labute approximate surface area is 126 Å². The molecule has 3 rings (SSSR count). The molecule has 1 fully saturated rings. The summed E-state index contributed by atoms with van der Waals surface area (Å²) in [4.78, 5) is 0. The highest BCUT2D eigenvalue weighted by molar-refractivity contribution is 5.30. The van der Waals surface area contributed by atoms with Crippen LogP contribution >= 0.6 is 0 Å². The van der Waals surface area contributed by atoms with E-state index < -0.39 is 0 Å². The third-order valence-corrected chi connectivity index (χ3v) is 4.16. The van der Waals surface area contributed by atoms with E-state index in [2.05, 4.69) is 36.5 Å². The third-order valence-electron chi connectivity index (χ3n) is 4.16. The van der Waals surface area contributed by atoms with Crippen molar-refractivity contribution < 1.29 is 5.11 Å². The van der Waals surface area contributed by atoms with E-state index in [-0.39, 0.29) is 0 Å². The molecule has 2 nitrogen and oxygen atoms in total. The SMILES string of the molecule is Cc1cccc(C(CNC2CC2)Cc2ccc(O)cc2)c1. The summed E-state index contributed by atoms with van der Waals surface area (Å²) in [7, 11) is 0. The molecular formula is C19H23NO. The van der Waals surface area contributed by atoms with Crippen molar-refractivity contribution in [1.29, 1.82) is 0 Å². The van der Waals surface area contributed by atoms with E-state index in [9.17, 15) is 5.11 Å². The predicted molar refractivity (Wildman–Crippen MR) is 86.8 cm³/mol. The second kappa shape index (κ2) is 6.31. The van der Waals surface area contributed by atoms with Crippen LogP contribution in [0.3, 0.4) is 0 Å². The zero-order valence-corrected chi connectivity index (χ0v) is 12.5. The molecule has 1 atom stereocenters. The monoisotopic (exact) mass is 281 g/mol. The van der Waals surface area contributed by atoms with Crippen LogP contribution in [-0.4, -0.2) is 17.7 Å². The zero-order chi connectivity index (χ0) is 14.7. The van der Waals surface area contributed by atoms with Gasteiger partial charge in [-0.3, -0.25) is 0 Å². The van der Waals surface area contributed by atoms with Crippen molar-refractivity contribution in [1.82, 2.24) is 5.32 Å². The first kappa shape index (κ1) is 14.2. The van der Waals surface area contributed by atoms with Crippen molar-refractivity contribution in [3.8, 4) is 5.75 Å². The minimum absolute atomic E-state index is 0.335. The van der Waals surface area contributed by atoms with Gasteiger partial charge >= 0.3 is 0 Å². The average Bonchev–Trinajstić information content (AvgIpc) is 3.30. The summed E-state index contributed by atoms with van der Waals surface area (Å²) in [5.74, 6) is 0.817. The van der Waals surface area contributed by atoms with Gasteiger partial charge in [0.2, 0.25) is 0 Å². The van der Waals surface area contributed by atoms with Crippen LogP contribution in [0.2, 0.25) is 0 Å². The molecule has 0 aromatic heterocycles. The summed E-state index contributed by atoms with van der Waals surface area (Å²) in [6.45, 7) is 3.17. The van der Waals surface area contributed by atoms with Crippen molar-refractivity contribution in [3.05, 3.63) is 65.2 Å². The van der Waals surface area contributed by atoms with Crippen LogP contribution in [0.25, 0.3) is 0 Å². The first-order valence-corrected chi connectivity index (χ1v) is 7.78. The summed E-state index contributed by atoms with van der Waals surface area (Å²) >= 11 is 0. The van der Waals surface area contributed by atoms with E-state index in [4.69, 9.17) is 0 Å². The van der Waals surface area contributed by atoms with Gasteiger partial charge in [-0.1, -0.05) is 42.0 Å². The van der Waals surface area contributed by atoms with Gasteiger partial charge in [-0.25, -0.2) is 0 Å². The van der Waals surface area contributed by atoms with Gasteiger partial charge in [0, 0.05) is 18.5 Å². The van der Waals surface area contributed by atoms with Crippen LogP contribution in [0.1, 0.15) is 35.4 Å². The van der Waals surface area contributed by atoms with Gasteiger partial charge in [0.05, 0.1) is 0 Å². The molecule has 2 aromatic carbocycles. The minimum Gasteiger partial charge on any atom is -0.508 e. The highest BCUT2D eigenvalue weighted by Crippen LogP contribution is 2.25. The lowest BCUT2D eigenvalue weighted by atomic mass is 9.91. The molecule has 0 amide bonds. The van der Waals surface area contributed by atoms with E-state index in [1.807, 2.05) is 12.1 Å². The van der Waals surface area contributed by atoms with Gasteiger partial charge < -0.3 is 10.4 Å². The second-order valence-corrected chi connectivity index (χ2v) is 6.16. The molecule has 1 unspecified atom stereocenters. The molecule has 110 valence electrons. The van der Waals surface area contributed by atoms with Gasteiger partial charge in [-0.15, -0.1) is 0 Å². The van der Waals surface area contributed by atoms with E-state index in [1.54, 1.807) is 12.1 Å². The Kier molecular flexibility index (Phi) is 4.26. The Hall–Kier alpha value is -1.80. The van der Waals surface area contributed by atoms with Crippen LogP contribution in [0.15, 0.2) is 48.5 Å². The Bertz CT molecular complexity index is 587. The van der Waals surface area contributed by atoms with Crippen molar-refractivity contribution >= 4 is 0 Å². The summed E-state index contributed by atoms with van der Waals surface area (Å²) in [5.41, 5.74) is 3.99. The van der Waals surface area contributed by atoms with Crippen LogP contribution in [0.4, 0.5) is 0 Å². The normalized spacial score (nSPS) is 15.9. The summed E-state index contributed by atoms with van der Waals surface area (Å²) in [6, 6.07) is 17.1. The lowest BCUT2D eigenvalue weighted by Crippen LogP contribution is -2.24. The van der Waals surface area contributed by atoms with Crippen LogP contribution in [0, 0.1) is 6.92 Å². The number of phenolic OH excluding ortho intramolecular Hbond substituents is 1. The van der Waals surface area contributed by atoms with Crippen LogP contribution in [0.5, 0.6) is 5.75 Å². The molecule has 2 N–H and O–H groups in total. The second-order valence-electron chi connectivity index (χ2n) is 6.16. The highest BCUT2D eigenvalue weighted by Gasteiger charge is 2.22. The van der Waals surface area contributed by atoms with Crippen molar-refractivity contribution in [2.75, 3.05) is 6.54 Å². The maximum Gasteiger partial charge on any atom is 0.115 e. The van der Waals surface area contributed by atoms with Crippen molar-refractivity contribution in [3.63, 3.8) is 0 Å². The molecule has 0 spiro atoms. The maximum atomic E-state index is 9.42. The number of hydrogen-bond acceptors (Lipinski definition) is 2. The Morgan fingerprint density at radius 1 is 1.14 bits per heavy atom. The van der Waals surface area contributed by atoms with E-state index in [1.165, 1.54) is 29.5 Å². The van der Waals surface area contributed by atoms with Crippen LogP contribution in [-0.2, 0) is 6.42 Å². The van der Waals surface area contributed by atoms with Crippen molar-refractivity contribution in [2.24, 2.45) is 0 Å². The fourth-order valence-electron chi connectivity index (χ4n) is 2.74. The largest absolute Gasteiger partial charge is 0.508 e. The molecular weight excluding hydrogens is 258 g/mol. The van der Waals surface area contributed by atoms with Gasteiger partial charge in [0.1, 0.15) is 5.75 Å². The number of hydrogen-bond donors (Lipinski definition) is 2. The molecule has 0 bridgehead atoms. The fourth-order valence-corrected chi connectivity index (χ4v) is 2.74. The predicted octanol–water partition coefficient (Wildman–Crippen LogP) is 3.78. The molecule has 0 heterocycles. The standard InChI is InChI=1S/C19H23NO/c1-14-3-2-4-16(11-14)17(13-20-18-7-8-18)12-15-5-9-19(21)10-6-15/h2-6,9-11,17-18,20-21H,7-8,12-13H2,1H3. The smallest absolute Gasteiger partial charge is 0.115 e. The molecule has 21 heavy (non-hydrogen) atoms. The number of aryl methyl sites for hydroxylation is 1. The molecule has 1 aliphatic rings. The quantitative estimate of drug-likeness (QED) is 0.844. The number of aromatic hydroxyl groups is 1. The Balaban J connectivity index is 1.75. The van der Waals surface area contributed by atoms with Gasteiger partial charge in [0.15, 0.2) is 0 Å². The topological polar surface area (TPSA) is 32.3 Å². The first-order valence-electron chi connectivity index (χ1n) is 7.78. The van der Waals surface area contributed by atoms with Crippen molar-refractivity contribution in [2.45, 2.75) is 38.1 Å². The molecule has 2 heteroatoms. The summed E-state index contributed by atoms with van der Waals surface area (Å²) in [5, 5.41) is 13.1. The highest BCUT2D eigenvalue weighted by atomic mass is 16.3. The van der Waals surface area contributed by atoms with E-state index in [0.717, 1.165) is 19.0 Å². The first-order chi connectivity index (χ1) is 10.2. The average molecular weight is 281 g/mol. The molecule has 1 aliphatic carbocycles. The number of rotatable bonds is 6. The van der Waals surface area contributed by atoms with Gasteiger partial charge in [0.25, 0.3) is 0 Å². The molecule has 0 saturated heterocycles. The molecule has 2 aromatic rings. The number of phenols is 1. The van der Waals surface area contributed by atoms with Gasteiger partial charge in [-0.2, -0.15) is 0 Å². The zero-order valence-electron chi connectivity index (χ0n) is 12.5. The van der Waals surface area contributed by atoms with Crippen LogP contribution < -0.4 is 5.32 Å². The minimum atomic E-state index is 0.335. The molecule has 0 aliphatic heterocycles. The number of nitrogens with one attached hydrogen (secondary N) is 1. The maximum absolute atomic E-state index is 9.42. The lowest BCUT2D eigenvalue weighted by molar-refractivity contribution is 0.475. The molecule has 0 radical (unpaired) electrons. The Morgan fingerprint density at radius 2 is 1.90 bits per heavy atom. The third kappa shape index (κ3) is 4.08. The number of benzene rings is 2. The molecule has 1 saturated carbocycles. The lowest BCUT2D eigenvalue weighted by Gasteiger charge is -2.19. The summed E-state index contributed by atoms with van der Waals surface area (Å²) in [6.07, 6.45) is 3.64. The Morgan fingerprint density at radius 3 is 2.57 bits per heavy atom. The summed E-state index contributed by atoms with van der Waals surface area (Å²) < 4.78 is 0. The van der Waals surface area contributed by atoms with E-state index >= 15 is 0 Å². The van der Waals surface area contributed by atoms with E-state index in [0.29, 0.717) is 11.7 Å².